The molecule has 0 atom stereocenters. The Bertz CT molecular complexity index is 814. The quantitative estimate of drug-likeness (QED) is 0.754. The van der Waals surface area contributed by atoms with Gasteiger partial charge in [0.2, 0.25) is 0 Å². The van der Waals surface area contributed by atoms with Crippen molar-refractivity contribution in [3.8, 4) is 11.5 Å². The molecule has 0 N–H and O–H groups in total. The fourth-order valence-electron chi connectivity index (χ4n) is 2.14. The van der Waals surface area contributed by atoms with E-state index in [4.69, 9.17) is 9.47 Å². The van der Waals surface area contributed by atoms with Gasteiger partial charge in [0.15, 0.2) is 9.84 Å². The first-order chi connectivity index (χ1) is 11.8. The number of hydrogen-bond acceptors (Lipinski definition) is 5. The predicted molar refractivity (Wildman–Crippen MR) is 95.0 cm³/mol. The summed E-state index contributed by atoms with van der Waals surface area (Å²) in [5.41, 5.74) is 0.430. The van der Waals surface area contributed by atoms with Crippen LogP contribution < -0.4 is 9.47 Å². The normalized spacial score (nSPS) is 11.0. The van der Waals surface area contributed by atoms with Gasteiger partial charge in [-0.05, 0) is 48.5 Å². The molecule has 0 aromatic heterocycles. The SMILES string of the molecule is COc1ccc(OCCN(C)C(=O)c2ccc(S(C)(=O)=O)cc2)cc1. The molecule has 0 aliphatic carbocycles. The highest BCUT2D eigenvalue weighted by Crippen LogP contribution is 2.17. The Morgan fingerprint density at radius 3 is 2.08 bits per heavy atom. The lowest BCUT2D eigenvalue weighted by atomic mass is 10.2. The number of amides is 1. The van der Waals surface area contributed by atoms with Crippen molar-refractivity contribution in [2.45, 2.75) is 4.90 Å². The Labute approximate surface area is 147 Å². The lowest BCUT2D eigenvalue weighted by molar-refractivity contribution is 0.0773. The second-order valence-corrected chi connectivity index (χ2v) is 7.56. The molecule has 0 fully saturated rings. The number of sulfone groups is 1. The second kappa shape index (κ2) is 8.02. The molecule has 0 aliphatic heterocycles. The van der Waals surface area contributed by atoms with E-state index in [-0.39, 0.29) is 10.8 Å². The van der Waals surface area contributed by atoms with Crippen LogP contribution in [0.15, 0.2) is 53.4 Å². The molecule has 1 amide bonds. The van der Waals surface area contributed by atoms with E-state index in [1.807, 2.05) is 0 Å². The van der Waals surface area contributed by atoms with Crippen LogP contribution in [0, 0.1) is 0 Å². The zero-order chi connectivity index (χ0) is 18.4. The van der Waals surface area contributed by atoms with Crippen molar-refractivity contribution in [1.29, 1.82) is 0 Å². The maximum atomic E-state index is 12.3. The summed E-state index contributed by atoms with van der Waals surface area (Å²) in [6, 6.07) is 13.1. The Morgan fingerprint density at radius 1 is 1.00 bits per heavy atom. The van der Waals surface area contributed by atoms with Crippen LogP contribution in [0.25, 0.3) is 0 Å². The Morgan fingerprint density at radius 2 is 1.56 bits per heavy atom. The van der Waals surface area contributed by atoms with Gasteiger partial charge in [-0.1, -0.05) is 0 Å². The molecule has 25 heavy (non-hydrogen) atoms. The van der Waals surface area contributed by atoms with E-state index in [1.165, 1.54) is 29.2 Å². The maximum absolute atomic E-state index is 12.3. The second-order valence-electron chi connectivity index (χ2n) is 5.55. The van der Waals surface area contributed by atoms with E-state index in [1.54, 1.807) is 38.4 Å². The minimum absolute atomic E-state index is 0.189. The number of ether oxygens (including phenoxy) is 2. The number of nitrogens with zero attached hydrogens (tertiary/aromatic N) is 1. The Balaban J connectivity index is 1.89. The molecule has 7 heteroatoms. The van der Waals surface area contributed by atoms with Crippen LogP contribution in [-0.4, -0.2) is 52.8 Å². The summed E-state index contributed by atoms with van der Waals surface area (Å²) in [4.78, 5) is 14.1. The molecule has 2 aromatic rings. The fraction of sp³-hybridized carbons (Fsp3) is 0.278. The molecular weight excluding hydrogens is 342 g/mol. The van der Waals surface area contributed by atoms with Crippen molar-refractivity contribution in [3.63, 3.8) is 0 Å². The van der Waals surface area contributed by atoms with Crippen molar-refractivity contribution >= 4 is 15.7 Å². The van der Waals surface area contributed by atoms with Crippen LogP contribution in [0.1, 0.15) is 10.4 Å². The molecule has 0 radical (unpaired) electrons. The first-order valence-electron chi connectivity index (χ1n) is 7.63. The molecule has 0 unspecified atom stereocenters. The summed E-state index contributed by atoms with van der Waals surface area (Å²) in [6.07, 6.45) is 1.13. The Hall–Kier alpha value is -2.54. The summed E-state index contributed by atoms with van der Waals surface area (Å²) >= 11 is 0. The smallest absolute Gasteiger partial charge is 0.253 e. The van der Waals surface area contributed by atoms with Crippen molar-refractivity contribution in [1.82, 2.24) is 4.90 Å². The van der Waals surface area contributed by atoms with Crippen molar-refractivity contribution in [2.75, 3.05) is 33.6 Å². The summed E-state index contributed by atoms with van der Waals surface area (Å²) in [6.45, 7) is 0.745. The van der Waals surface area contributed by atoms with E-state index in [9.17, 15) is 13.2 Å². The van der Waals surface area contributed by atoms with E-state index in [0.717, 1.165) is 12.0 Å². The molecule has 0 saturated heterocycles. The largest absolute Gasteiger partial charge is 0.497 e. The van der Waals surface area contributed by atoms with Crippen molar-refractivity contribution in [3.05, 3.63) is 54.1 Å². The zero-order valence-electron chi connectivity index (χ0n) is 14.4. The van der Waals surface area contributed by atoms with Gasteiger partial charge < -0.3 is 14.4 Å². The van der Waals surface area contributed by atoms with Crippen LogP contribution in [0.4, 0.5) is 0 Å². The molecular formula is C18H21NO5S. The topological polar surface area (TPSA) is 72.9 Å². The van der Waals surface area contributed by atoms with Gasteiger partial charge in [-0.3, -0.25) is 4.79 Å². The summed E-state index contributed by atoms with van der Waals surface area (Å²) in [5.74, 6) is 1.25. The van der Waals surface area contributed by atoms with E-state index >= 15 is 0 Å². The average Bonchev–Trinajstić information content (AvgIpc) is 2.61. The van der Waals surface area contributed by atoms with Gasteiger partial charge in [0.25, 0.3) is 5.91 Å². The molecule has 0 spiro atoms. The molecule has 0 bridgehead atoms. The molecule has 134 valence electrons. The van der Waals surface area contributed by atoms with Gasteiger partial charge in [-0.15, -0.1) is 0 Å². The average molecular weight is 363 g/mol. The van der Waals surface area contributed by atoms with Crippen LogP contribution >= 0.6 is 0 Å². The summed E-state index contributed by atoms with van der Waals surface area (Å²) < 4.78 is 33.6. The first kappa shape index (κ1) is 18.8. The molecule has 6 nitrogen and oxygen atoms in total. The summed E-state index contributed by atoms with van der Waals surface area (Å²) in [5, 5.41) is 0. The zero-order valence-corrected chi connectivity index (χ0v) is 15.2. The lowest BCUT2D eigenvalue weighted by Gasteiger charge is -2.17. The molecule has 2 aromatic carbocycles. The third-order valence-electron chi connectivity index (χ3n) is 3.63. The molecule has 2 rings (SSSR count). The fourth-order valence-corrected chi connectivity index (χ4v) is 2.77. The molecule has 0 saturated carbocycles. The third-order valence-corrected chi connectivity index (χ3v) is 4.76. The van der Waals surface area contributed by atoms with Crippen LogP contribution in [-0.2, 0) is 9.84 Å². The van der Waals surface area contributed by atoms with E-state index < -0.39 is 9.84 Å². The maximum Gasteiger partial charge on any atom is 0.253 e. The Kier molecular flexibility index (Phi) is 6.03. The minimum atomic E-state index is -3.27. The number of likely N-dealkylation sites (N-methyl/N-ethyl adjacent to an activating group) is 1. The van der Waals surface area contributed by atoms with Gasteiger partial charge in [0.05, 0.1) is 18.6 Å². The number of benzene rings is 2. The number of hydrogen-bond donors (Lipinski definition) is 0. The van der Waals surface area contributed by atoms with Crippen molar-refractivity contribution in [2.24, 2.45) is 0 Å². The number of carbonyl (C=O) groups excluding carboxylic acids is 1. The molecule has 0 heterocycles. The minimum Gasteiger partial charge on any atom is -0.497 e. The lowest BCUT2D eigenvalue weighted by Crippen LogP contribution is -2.30. The third kappa shape index (κ3) is 5.22. The highest BCUT2D eigenvalue weighted by atomic mass is 32.2. The standard InChI is InChI=1S/C18H21NO5S/c1-19(12-13-24-16-8-6-15(23-2)7-9-16)18(20)14-4-10-17(11-5-14)25(3,21)22/h4-11H,12-13H2,1-3H3. The van der Waals surface area contributed by atoms with Gasteiger partial charge in [-0.25, -0.2) is 8.42 Å². The van der Waals surface area contributed by atoms with Gasteiger partial charge in [0, 0.05) is 18.9 Å². The highest BCUT2D eigenvalue weighted by molar-refractivity contribution is 7.90. The monoisotopic (exact) mass is 363 g/mol. The van der Waals surface area contributed by atoms with E-state index in [2.05, 4.69) is 0 Å². The van der Waals surface area contributed by atoms with Gasteiger partial charge in [0.1, 0.15) is 18.1 Å². The first-order valence-corrected chi connectivity index (χ1v) is 9.53. The predicted octanol–water partition coefficient (Wildman–Crippen LogP) is 2.25. The summed E-state index contributed by atoms with van der Waals surface area (Å²) in [7, 11) is -0.00231. The van der Waals surface area contributed by atoms with Gasteiger partial charge in [-0.2, -0.15) is 0 Å². The van der Waals surface area contributed by atoms with Crippen LogP contribution in [0.3, 0.4) is 0 Å². The number of carbonyl (C=O) groups is 1. The molecule has 0 aliphatic rings. The van der Waals surface area contributed by atoms with Gasteiger partial charge >= 0.3 is 0 Å². The van der Waals surface area contributed by atoms with Crippen LogP contribution in [0.5, 0.6) is 11.5 Å². The number of rotatable bonds is 7. The highest BCUT2D eigenvalue weighted by Gasteiger charge is 2.13. The van der Waals surface area contributed by atoms with Crippen molar-refractivity contribution < 1.29 is 22.7 Å². The number of methoxy groups -OCH3 is 1. The van der Waals surface area contributed by atoms with Crippen LogP contribution in [0.2, 0.25) is 0 Å². The van der Waals surface area contributed by atoms with E-state index in [0.29, 0.717) is 24.5 Å².